The van der Waals surface area contributed by atoms with E-state index in [1.807, 2.05) is 53.0 Å². The number of aryl methyl sites for hydroxylation is 2. The topological polar surface area (TPSA) is 56.6 Å². The first-order valence-electron chi connectivity index (χ1n) is 10.4. The number of rotatable bonds is 7. The number of hydrogen-bond acceptors (Lipinski definition) is 4. The van der Waals surface area contributed by atoms with Crippen LogP contribution < -0.4 is 9.47 Å². The van der Waals surface area contributed by atoms with Gasteiger partial charge in [0.15, 0.2) is 11.5 Å². The molecule has 2 aromatic carbocycles. The van der Waals surface area contributed by atoms with Crippen molar-refractivity contribution in [3.8, 4) is 11.5 Å². The third-order valence-electron chi connectivity index (χ3n) is 5.27. The highest BCUT2D eigenvalue weighted by Gasteiger charge is 2.20. The zero-order valence-corrected chi connectivity index (χ0v) is 17.3. The van der Waals surface area contributed by atoms with Crippen LogP contribution in [-0.4, -0.2) is 40.1 Å². The van der Waals surface area contributed by atoms with E-state index in [2.05, 4.69) is 17.1 Å². The number of aromatic nitrogens is 2. The molecule has 0 atom stereocenters. The number of fused-ring (bicyclic) bond motifs is 1. The number of imidazole rings is 1. The van der Waals surface area contributed by atoms with Gasteiger partial charge in [-0.15, -0.1) is 0 Å². The normalized spacial score (nSPS) is 13.0. The summed E-state index contributed by atoms with van der Waals surface area (Å²) < 4.78 is 13.4. The number of hydrogen-bond donors (Lipinski definition) is 0. The molecule has 0 spiro atoms. The van der Waals surface area contributed by atoms with Gasteiger partial charge in [0.2, 0.25) is 0 Å². The van der Waals surface area contributed by atoms with Gasteiger partial charge in [-0.2, -0.15) is 0 Å². The van der Waals surface area contributed by atoms with E-state index in [0.29, 0.717) is 43.4 Å². The van der Waals surface area contributed by atoms with Crippen molar-refractivity contribution in [1.82, 2.24) is 14.5 Å². The van der Waals surface area contributed by atoms with Crippen LogP contribution in [-0.2, 0) is 20.0 Å². The standard InChI is InChI=1S/C24H27N3O3/c1-26-14-12-25-23(26)18-27(13-5-9-19-7-3-2-4-8-19)24(28)20-10-11-21-22(17-20)30-16-6-15-29-21/h2-4,7-8,10-12,14,17H,5-6,9,13,15-16,18H2,1H3. The molecule has 1 aromatic heterocycles. The molecule has 4 rings (SSSR count). The summed E-state index contributed by atoms with van der Waals surface area (Å²) in [6.45, 7) is 2.34. The lowest BCUT2D eigenvalue weighted by Crippen LogP contribution is -2.32. The van der Waals surface area contributed by atoms with Gasteiger partial charge in [0, 0.05) is 38.0 Å². The van der Waals surface area contributed by atoms with Gasteiger partial charge in [0.25, 0.3) is 5.91 Å². The second-order valence-corrected chi connectivity index (χ2v) is 7.48. The monoisotopic (exact) mass is 405 g/mol. The molecule has 6 nitrogen and oxygen atoms in total. The van der Waals surface area contributed by atoms with Gasteiger partial charge in [0.05, 0.1) is 19.8 Å². The van der Waals surface area contributed by atoms with E-state index in [4.69, 9.17) is 9.47 Å². The second kappa shape index (κ2) is 9.48. The van der Waals surface area contributed by atoms with Gasteiger partial charge in [0.1, 0.15) is 5.82 Å². The molecule has 1 aliphatic rings. The fraction of sp³-hybridized carbons (Fsp3) is 0.333. The first kappa shape index (κ1) is 20.0. The fourth-order valence-electron chi connectivity index (χ4n) is 3.57. The highest BCUT2D eigenvalue weighted by Crippen LogP contribution is 2.31. The molecule has 30 heavy (non-hydrogen) atoms. The number of carbonyl (C=O) groups is 1. The molecule has 2 heterocycles. The van der Waals surface area contributed by atoms with Crippen molar-refractivity contribution in [3.63, 3.8) is 0 Å². The van der Waals surface area contributed by atoms with Gasteiger partial charge in [-0.25, -0.2) is 4.98 Å². The first-order chi connectivity index (χ1) is 14.7. The Morgan fingerprint density at radius 3 is 2.67 bits per heavy atom. The van der Waals surface area contributed by atoms with Gasteiger partial charge in [-0.05, 0) is 36.6 Å². The Morgan fingerprint density at radius 2 is 1.90 bits per heavy atom. The molecular formula is C24H27N3O3. The summed E-state index contributed by atoms with van der Waals surface area (Å²) in [5.41, 5.74) is 1.88. The Labute approximate surface area is 177 Å². The Morgan fingerprint density at radius 1 is 1.10 bits per heavy atom. The lowest BCUT2D eigenvalue weighted by molar-refractivity contribution is 0.0735. The molecular weight excluding hydrogens is 378 g/mol. The van der Waals surface area contributed by atoms with Crippen LogP contribution in [0.1, 0.15) is 34.6 Å². The average Bonchev–Trinajstić information content (AvgIpc) is 3.03. The van der Waals surface area contributed by atoms with Crippen molar-refractivity contribution in [3.05, 3.63) is 77.9 Å². The summed E-state index contributed by atoms with van der Waals surface area (Å²) in [6.07, 6.45) is 6.30. The molecule has 1 amide bonds. The van der Waals surface area contributed by atoms with E-state index in [1.54, 1.807) is 12.3 Å². The van der Waals surface area contributed by atoms with Crippen LogP contribution in [0, 0.1) is 0 Å². The third-order valence-corrected chi connectivity index (χ3v) is 5.27. The fourth-order valence-corrected chi connectivity index (χ4v) is 3.57. The van der Waals surface area contributed by atoms with Gasteiger partial charge < -0.3 is 18.9 Å². The van der Waals surface area contributed by atoms with E-state index >= 15 is 0 Å². The van der Waals surface area contributed by atoms with E-state index in [0.717, 1.165) is 25.1 Å². The molecule has 0 unspecified atom stereocenters. The quantitative estimate of drug-likeness (QED) is 0.599. The number of ether oxygens (including phenoxy) is 2. The van der Waals surface area contributed by atoms with Crippen molar-refractivity contribution in [2.75, 3.05) is 19.8 Å². The minimum atomic E-state index is -0.0262. The van der Waals surface area contributed by atoms with E-state index in [9.17, 15) is 4.79 Å². The first-order valence-corrected chi connectivity index (χ1v) is 10.4. The van der Waals surface area contributed by atoms with E-state index in [-0.39, 0.29) is 5.91 Å². The number of carbonyl (C=O) groups excluding carboxylic acids is 1. The SMILES string of the molecule is Cn1ccnc1CN(CCCc1ccccc1)C(=O)c1ccc2c(c1)OCCCO2. The Kier molecular flexibility index (Phi) is 6.32. The van der Waals surface area contributed by atoms with Crippen LogP contribution in [0.15, 0.2) is 60.9 Å². The summed E-state index contributed by atoms with van der Waals surface area (Å²) in [4.78, 5) is 19.7. The Hall–Kier alpha value is -3.28. The minimum absolute atomic E-state index is 0.0262. The molecule has 0 saturated heterocycles. The van der Waals surface area contributed by atoms with Crippen molar-refractivity contribution in [1.29, 1.82) is 0 Å². The molecule has 0 radical (unpaired) electrons. The van der Waals surface area contributed by atoms with Gasteiger partial charge in [-0.3, -0.25) is 4.79 Å². The van der Waals surface area contributed by atoms with Crippen LogP contribution in [0.25, 0.3) is 0 Å². The molecule has 1 aliphatic heterocycles. The van der Waals surface area contributed by atoms with Crippen LogP contribution in [0.3, 0.4) is 0 Å². The minimum Gasteiger partial charge on any atom is -0.490 e. The molecule has 0 aliphatic carbocycles. The van der Waals surface area contributed by atoms with Gasteiger partial charge in [-0.1, -0.05) is 30.3 Å². The van der Waals surface area contributed by atoms with Crippen molar-refractivity contribution in [2.24, 2.45) is 7.05 Å². The maximum Gasteiger partial charge on any atom is 0.254 e. The van der Waals surface area contributed by atoms with E-state index in [1.165, 1.54) is 5.56 Å². The third kappa shape index (κ3) is 4.82. The molecule has 3 aromatic rings. The Bertz CT molecular complexity index is 984. The van der Waals surface area contributed by atoms with Gasteiger partial charge >= 0.3 is 0 Å². The number of benzene rings is 2. The number of nitrogens with zero attached hydrogens (tertiary/aromatic N) is 3. The van der Waals surface area contributed by atoms with Crippen LogP contribution >= 0.6 is 0 Å². The molecule has 0 N–H and O–H groups in total. The lowest BCUT2D eigenvalue weighted by Gasteiger charge is -2.23. The summed E-state index contributed by atoms with van der Waals surface area (Å²) in [5.74, 6) is 2.17. The summed E-state index contributed by atoms with van der Waals surface area (Å²) in [5, 5.41) is 0. The Balaban J connectivity index is 1.51. The van der Waals surface area contributed by atoms with Crippen LogP contribution in [0.2, 0.25) is 0 Å². The largest absolute Gasteiger partial charge is 0.490 e. The molecule has 156 valence electrons. The molecule has 0 fully saturated rings. The number of amides is 1. The van der Waals surface area contributed by atoms with Crippen molar-refractivity contribution in [2.45, 2.75) is 25.8 Å². The highest BCUT2D eigenvalue weighted by molar-refractivity contribution is 5.94. The summed E-state index contributed by atoms with van der Waals surface area (Å²) in [6, 6.07) is 15.8. The smallest absolute Gasteiger partial charge is 0.254 e. The second-order valence-electron chi connectivity index (χ2n) is 7.48. The average molecular weight is 405 g/mol. The van der Waals surface area contributed by atoms with Crippen LogP contribution in [0.5, 0.6) is 11.5 Å². The predicted octanol–water partition coefficient (Wildman–Crippen LogP) is 3.86. The summed E-state index contributed by atoms with van der Waals surface area (Å²) >= 11 is 0. The maximum absolute atomic E-state index is 13.4. The van der Waals surface area contributed by atoms with Crippen molar-refractivity contribution < 1.29 is 14.3 Å². The van der Waals surface area contributed by atoms with E-state index < -0.39 is 0 Å². The molecule has 6 heteroatoms. The zero-order valence-electron chi connectivity index (χ0n) is 17.3. The molecule has 0 bridgehead atoms. The summed E-state index contributed by atoms with van der Waals surface area (Å²) in [7, 11) is 1.95. The highest BCUT2D eigenvalue weighted by atomic mass is 16.5. The predicted molar refractivity (Wildman–Crippen MR) is 115 cm³/mol. The molecule has 0 saturated carbocycles. The maximum atomic E-state index is 13.4. The zero-order chi connectivity index (χ0) is 20.8. The lowest BCUT2D eigenvalue weighted by atomic mass is 10.1. The van der Waals surface area contributed by atoms with Crippen molar-refractivity contribution >= 4 is 5.91 Å². The van der Waals surface area contributed by atoms with Crippen LogP contribution in [0.4, 0.5) is 0 Å².